The van der Waals surface area contributed by atoms with Gasteiger partial charge in [-0.05, 0) is 38.1 Å². The van der Waals surface area contributed by atoms with Gasteiger partial charge in [0.1, 0.15) is 48.8 Å². The van der Waals surface area contributed by atoms with Crippen LogP contribution in [0.25, 0.3) is 0 Å². The Bertz CT molecular complexity index is 1220. The number of methoxy groups -OCH3 is 1. The minimum Gasteiger partial charge on any atom is -0.493 e. The Morgan fingerprint density at radius 2 is 1.62 bits per heavy atom. The normalized spacial score (nSPS) is 44.5. The number of carbonyl (C=O) groups is 1. The summed E-state index contributed by atoms with van der Waals surface area (Å²) in [6, 6.07) is 4.12. The molecular formula is C29H40O16. The quantitative estimate of drug-likeness (QED) is 0.136. The Balaban J connectivity index is 1.27. The Hall–Kier alpha value is -2.61. The van der Waals surface area contributed by atoms with E-state index in [2.05, 4.69) is 0 Å². The second kappa shape index (κ2) is 13.2. The van der Waals surface area contributed by atoms with E-state index in [0.717, 1.165) is 0 Å². The van der Waals surface area contributed by atoms with Gasteiger partial charge in [-0.3, -0.25) is 0 Å². The number of ether oxygens (including phenoxy) is 7. The maximum Gasteiger partial charge on any atom is 0.338 e. The Kier molecular flexibility index (Phi) is 9.93. The molecule has 15 atom stereocenters. The first-order valence-corrected chi connectivity index (χ1v) is 14.5. The lowest BCUT2D eigenvalue weighted by Crippen LogP contribution is -2.60. The molecule has 0 aromatic heterocycles. The molecule has 3 aliphatic heterocycles. The summed E-state index contributed by atoms with van der Waals surface area (Å²) in [4.78, 5) is 13.3. The summed E-state index contributed by atoms with van der Waals surface area (Å²) in [7, 11) is 1.33. The molecule has 45 heavy (non-hydrogen) atoms. The lowest BCUT2D eigenvalue weighted by atomic mass is 9.85. The lowest BCUT2D eigenvalue weighted by molar-refractivity contribution is -0.346. The summed E-state index contributed by atoms with van der Waals surface area (Å²) in [5.74, 6) is -2.02. The van der Waals surface area contributed by atoms with Gasteiger partial charge in [0.25, 0.3) is 0 Å². The number of aliphatic hydroxyl groups is 8. The maximum absolute atomic E-state index is 13.3. The molecule has 252 valence electrons. The van der Waals surface area contributed by atoms with Crippen molar-refractivity contribution < 1.29 is 78.8 Å². The van der Waals surface area contributed by atoms with Gasteiger partial charge in [-0.15, -0.1) is 0 Å². The van der Waals surface area contributed by atoms with Crippen LogP contribution in [0.3, 0.4) is 0 Å². The number of hydrogen-bond acceptors (Lipinski definition) is 16. The third-order valence-corrected chi connectivity index (χ3v) is 8.81. The molecule has 0 spiro atoms. The molecule has 1 saturated carbocycles. The molecule has 2 saturated heterocycles. The number of carbonyl (C=O) groups excluding carboxylic acids is 1. The molecular weight excluding hydrogens is 604 g/mol. The van der Waals surface area contributed by atoms with Crippen molar-refractivity contribution >= 4 is 5.97 Å². The van der Waals surface area contributed by atoms with Gasteiger partial charge in [-0.25, -0.2) is 4.79 Å². The summed E-state index contributed by atoms with van der Waals surface area (Å²) in [6.07, 6.45) is -13.4. The molecule has 1 aromatic carbocycles. The molecule has 1 unspecified atom stereocenters. The van der Waals surface area contributed by atoms with Crippen LogP contribution in [-0.2, 0) is 23.7 Å². The van der Waals surface area contributed by atoms with Crippen LogP contribution in [0.4, 0.5) is 0 Å². The second-order valence-electron chi connectivity index (χ2n) is 11.9. The first-order valence-electron chi connectivity index (χ1n) is 14.5. The van der Waals surface area contributed by atoms with Crippen molar-refractivity contribution in [3.05, 3.63) is 36.1 Å². The zero-order chi connectivity index (χ0) is 32.8. The number of aliphatic hydroxyl groups excluding tert-OH is 7. The predicted octanol–water partition coefficient (Wildman–Crippen LogP) is -2.50. The fourth-order valence-corrected chi connectivity index (χ4v) is 6.22. The third kappa shape index (κ3) is 6.50. The first kappa shape index (κ1) is 33.7. The summed E-state index contributed by atoms with van der Waals surface area (Å²) < 4.78 is 39.1. The molecule has 8 N–H and O–H groups in total. The molecule has 1 aliphatic carbocycles. The van der Waals surface area contributed by atoms with Gasteiger partial charge in [0, 0.05) is 12.3 Å². The van der Waals surface area contributed by atoms with Gasteiger partial charge in [0.05, 0.1) is 43.2 Å². The average molecular weight is 645 g/mol. The van der Waals surface area contributed by atoms with E-state index in [1.54, 1.807) is 6.08 Å². The molecule has 0 radical (unpaired) electrons. The number of rotatable bonds is 8. The Morgan fingerprint density at radius 3 is 2.31 bits per heavy atom. The van der Waals surface area contributed by atoms with E-state index in [4.69, 9.17) is 33.2 Å². The fourth-order valence-electron chi connectivity index (χ4n) is 6.22. The molecule has 1 aromatic rings. The second-order valence-corrected chi connectivity index (χ2v) is 11.9. The summed E-state index contributed by atoms with van der Waals surface area (Å²) in [5.41, 5.74) is -1.42. The molecule has 16 heteroatoms. The highest BCUT2D eigenvalue weighted by atomic mass is 16.8. The van der Waals surface area contributed by atoms with E-state index in [1.807, 2.05) is 0 Å². The third-order valence-electron chi connectivity index (χ3n) is 8.81. The van der Waals surface area contributed by atoms with Gasteiger partial charge in [0.2, 0.25) is 12.6 Å². The zero-order valence-corrected chi connectivity index (χ0v) is 24.7. The van der Waals surface area contributed by atoms with Crippen LogP contribution >= 0.6 is 0 Å². The van der Waals surface area contributed by atoms with Crippen LogP contribution in [0.2, 0.25) is 0 Å². The van der Waals surface area contributed by atoms with E-state index >= 15 is 0 Å². The van der Waals surface area contributed by atoms with Gasteiger partial charge in [0.15, 0.2) is 17.8 Å². The van der Waals surface area contributed by atoms with E-state index in [0.29, 0.717) is 0 Å². The van der Waals surface area contributed by atoms with Crippen molar-refractivity contribution in [2.45, 2.75) is 99.7 Å². The standard InChI is InChI=1S/C29H40O16/c1-11-19(31)21(33)23(35)27(41-11)43-14-5-4-12(8-15(14)39-3)25(37)42-16-9-29(2,38)18-13(16)6-7-40-26(18)45-28-24(36)22(34)20(32)17(10-30)44-28/h4-8,11,13,16-24,26-28,30-36,38H,9-10H2,1-3H3/t11-,13+,16?,17-,18-,19+,20-,21-,22-,23-,24-,26+,27+,28+,29+/m1/s1. The van der Waals surface area contributed by atoms with Crippen molar-refractivity contribution in [3.63, 3.8) is 0 Å². The number of benzene rings is 1. The van der Waals surface area contributed by atoms with Gasteiger partial charge >= 0.3 is 5.97 Å². The molecule has 3 fully saturated rings. The molecule has 4 aliphatic rings. The van der Waals surface area contributed by atoms with E-state index in [1.165, 1.54) is 45.4 Å². The van der Waals surface area contributed by atoms with Crippen LogP contribution in [-0.4, -0.2) is 140 Å². The highest BCUT2D eigenvalue weighted by Crippen LogP contribution is 2.48. The van der Waals surface area contributed by atoms with Crippen LogP contribution in [0.5, 0.6) is 11.5 Å². The van der Waals surface area contributed by atoms with Gasteiger partial charge in [-0.2, -0.15) is 0 Å². The van der Waals surface area contributed by atoms with Crippen LogP contribution in [0.1, 0.15) is 30.6 Å². The molecule has 3 heterocycles. The van der Waals surface area contributed by atoms with Crippen molar-refractivity contribution in [1.82, 2.24) is 0 Å². The topological polar surface area (TPSA) is 244 Å². The average Bonchev–Trinajstić information content (AvgIpc) is 3.28. The monoisotopic (exact) mass is 644 g/mol. The highest BCUT2D eigenvalue weighted by molar-refractivity contribution is 5.90. The smallest absolute Gasteiger partial charge is 0.338 e. The summed E-state index contributed by atoms with van der Waals surface area (Å²) >= 11 is 0. The molecule has 0 bridgehead atoms. The van der Waals surface area contributed by atoms with Gasteiger partial charge < -0.3 is 74.0 Å². The Labute approximate surface area is 257 Å². The van der Waals surface area contributed by atoms with Crippen LogP contribution < -0.4 is 9.47 Å². The minimum absolute atomic E-state index is 0.0160. The van der Waals surface area contributed by atoms with Crippen LogP contribution in [0.15, 0.2) is 30.5 Å². The van der Waals surface area contributed by atoms with E-state index < -0.39 is 104 Å². The fraction of sp³-hybridized carbons (Fsp3) is 0.690. The minimum atomic E-state index is -1.69. The number of hydrogen-bond donors (Lipinski definition) is 8. The SMILES string of the molecule is COc1cc(C(=O)OC2C[C@](C)(O)[C@H]3[C@H](O[C@@H]4O[C@H](CO)[C@@H](O)[C@@H](O)[C@H]4O)OC=C[C@@H]23)ccc1O[C@@H]1O[C@H](C)[C@H](O)[C@@H](O)[C@H]1O. The lowest BCUT2D eigenvalue weighted by Gasteiger charge is -2.43. The maximum atomic E-state index is 13.3. The molecule has 16 nitrogen and oxygen atoms in total. The summed E-state index contributed by atoms with van der Waals surface area (Å²) in [5, 5.41) is 81.7. The van der Waals surface area contributed by atoms with E-state index in [9.17, 15) is 45.6 Å². The predicted molar refractivity (Wildman–Crippen MR) is 146 cm³/mol. The van der Waals surface area contributed by atoms with E-state index in [-0.39, 0.29) is 23.5 Å². The van der Waals surface area contributed by atoms with Crippen molar-refractivity contribution in [1.29, 1.82) is 0 Å². The van der Waals surface area contributed by atoms with Crippen LogP contribution in [0, 0.1) is 11.8 Å². The Morgan fingerprint density at radius 1 is 0.933 bits per heavy atom. The number of esters is 1. The van der Waals surface area contributed by atoms with Crippen molar-refractivity contribution in [3.8, 4) is 11.5 Å². The zero-order valence-electron chi connectivity index (χ0n) is 24.7. The number of fused-ring (bicyclic) bond motifs is 1. The largest absolute Gasteiger partial charge is 0.493 e. The van der Waals surface area contributed by atoms with Crippen molar-refractivity contribution in [2.75, 3.05) is 13.7 Å². The highest BCUT2D eigenvalue weighted by Gasteiger charge is 2.58. The van der Waals surface area contributed by atoms with Crippen molar-refractivity contribution in [2.24, 2.45) is 11.8 Å². The molecule has 5 rings (SSSR count). The summed E-state index contributed by atoms with van der Waals surface area (Å²) in [6.45, 7) is 2.37. The van der Waals surface area contributed by atoms with Gasteiger partial charge in [-0.1, -0.05) is 0 Å². The first-order chi connectivity index (χ1) is 21.3. The molecule has 0 amide bonds.